The second kappa shape index (κ2) is 4.41. The van der Waals surface area contributed by atoms with E-state index in [0.717, 1.165) is 18.2 Å². The van der Waals surface area contributed by atoms with E-state index in [0.29, 0.717) is 17.2 Å². The molecule has 2 saturated carbocycles. The van der Waals surface area contributed by atoms with Crippen molar-refractivity contribution in [2.75, 3.05) is 17.6 Å². The number of hydrogen-bond acceptors (Lipinski definition) is 4. The van der Waals surface area contributed by atoms with Crippen LogP contribution in [0, 0.1) is 5.41 Å². The molecule has 18 heavy (non-hydrogen) atoms. The van der Waals surface area contributed by atoms with Gasteiger partial charge in [-0.25, -0.2) is 9.97 Å². The van der Waals surface area contributed by atoms with Crippen LogP contribution in [0.25, 0.3) is 0 Å². The standard InChI is InChI=1S/C14H22N4/c1-14(6-2-3-7-14)9-16-12-8-11(15)17-13(18-12)10-4-5-10/h8,10H,2-7,9H2,1H3,(H3,15,16,17,18). The third kappa shape index (κ3) is 2.57. The summed E-state index contributed by atoms with van der Waals surface area (Å²) < 4.78 is 0. The molecule has 1 aromatic rings. The molecule has 3 rings (SSSR count). The summed E-state index contributed by atoms with van der Waals surface area (Å²) in [4.78, 5) is 8.91. The van der Waals surface area contributed by atoms with Crippen LogP contribution >= 0.6 is 0 Å². The quantitative estimate of drug-likeness (QED) is 0.857. The zero-order valence-corrected chi connectivity index (χ0v) is 11.1. The summed E-state index contributed by atoms with van der Waals surface area (Å²) >= 11 is 0. The molecule has 0 spiro atoms. The Morgan fingerprint density at radius 1 is 1.33 bits per heavy atom. The molecule has 0 aliphatic heterocycles. The minimum atomic E-state index is 0.430. The van der Waals surface area contributed by atoms with Crippen molar-refractivity contribution in [2.24, 2.45) is 5.41 Å². The number of nitrogens with zero attached hydrogens (tertiary/aromatic N) is 2. The molecule has 4 nitrogen and oxygen atoms in total. The van der Waals surface area contributed by atoms with Gasteiger partial charge in [0.25, 0.3) is 0 Å². The highest BCUT2D eigenvalue weighted by atomic mass is 15.1. The zero-order chi connectivity index (χ0) is 12.6. The van der Waals surface area contributed by atoms with E-state index < -0.39 is 0 Å². The van der Waals surface area contributed by atoms with Gasteiger partial charge in [-0.1, -0.05) is 19.8 Å². The molecule has 1 aromatic heterocycles. The average molecular weight is 246 g/mol. The maximum Gasteiger partial charge on any atom is 0.136 e. The Bertz CT molecular complexity index is 433. The highest BCUT2D eigenvalue weighted by Crippen LogP contribution is 2.39. The lowest BCUT2D eigenvalue weighted by Crippen LogP contribution is -2.23. The molecule has 0 bridgehead atoms. The summed E-state index contributed by atoms with van der Waals surface area (Å²) in [7, 11) is 0. The fraction of sp³-hybridized carbons (Fsp3) is 0.714. The average Bonchev–Trinajstić information content (AvgIpc) is 3.10. The summed E-state index contributed by atoms with van der Waals surface area (Å²) in [5, 5.41) is 3.46. The number of aromatic nitrogens is 2. The van der Waals surface area contributed by atoms with E-state index in [9.17, 15) is 0 Å². The monoisotopic (exact) mass is 246 g/mol. The number of rotatable bonds is 4. The van der Waals surface area contributed by atoms with Gasteiger partial charge in [0, 0.05) is 18.5 Å². The van der Waals surface area contributed by atoms with Crippen LogP contribution in [0.1, 0.15) is 57.2 Å². The van der Waals surface area contributed by atoms with Crippen molar-refractivity contribution in [1.82, 2.24) is 9.97 Å². The van der Waals surface area contributed by atoms with E-state index in [1.54, 1.807) is 0 Å². The highest BCUT2D eigenvalue weighted by Gasteiger charge is 2.29. The van der Waals surface area contributed by atoms with E-state index in [-0.39, 0.29) is 0 Å². The van der Waals surface area contributed by atoms with Gasteiger partial charge in [-0.3, -0.25) is 0 Å². The number of nitrogen functional groups attached to an aromatic ring is 1. The number of anilines is 2. The lowest BCUT2D eigenvalue weighted by molar-refractivity contribution is 0.361. The van der Waals surface area contributed by atoms with Crippen molar-refractivity contribution in [1.29, 1.82) is 0 Å². The van der Waals surface area contributed by atoms with Gasteiger partial charge in [0.15, 0.2) is 0 Å². The van der Waals surface area contributed by atoms with Crippen LogP contribution in [0.2, 0.25) is 0 Å². The van der Waals surface area contributed by atoms with Crippen molar-refractivity contribution in [3.05, 3.63) is 11.9 Å². The fourth-order valence-electron chi connectivity index (χ4n) is 2.81. The maximum absolute atomic E-state index is 5.85. The van der Waals surface area contributed by atoms with Crippen molar-refractivity contribution in [2.45, 2.75) is 51.4 Å². The third-order valence-corrected chi connectivity index (χ3v) is 4.21. The molecule has 0 saturated heterocycles. The van der Waals surface area contributed by atoms with Gasteiger partial charge in [0.2, 0.25) is 0 Å². The topological polar surface area (TPSA) is 63.8 Å². The fourth-order valence-corrected chi connectivity index (χ4v) is 2.81. The Balaban J connectivity index is 1.68. The molecule has 0 atom stereocenters. The zero-order valence-electron chi connectivity index (χ0n) is 11.1. The Hall–Kier alpha value is -1.32. The minimum Gasteiger partial charge on any atom is -0.384 e. The molecule has 2 aliphatic carbocycles. The molecule has 0 amide bonds. The summed E-state index contributed by atoms with van der Waals surface area (Å²) in [5.41, 5.74) is 6.28. The molecule has 2 aliphatic rings. The Kier molecular flexibility index (Phi) is 2.88. The summed E-state index contributed by atoms with van der Waals surface area (Å²) in [5.74, 6) is 2.97. The Morgan fingerprint density at radius 2 is 2.06 bits per heavy atom. The normalized spacial score (nSPS) is 22.1. The molecule has 0 unspecified atom stereocenters. The van der Waals surface area contributed by atoms with Crippen LogP contribution in [0.15, 0.2) is 6.07 Å². The van der Waals surface area contributed by atoms with E-state index in [1.807, 2.05) is 6.07 Å². The van der Waals surface area contributed by atoms with Gasteiger partial charge in [-0.05, 0) is 31.1 Å². The second-order valence-corrected chi connectivity index (χ2v) is 6.18. The number of hydrogen-bond donors (Lipinski definition) is 2. The predicted octanol–water partition coefficient (Wildman–Crippen LogP) is 2.93. The number of nitrogens with one attached hydrogen (secondary N) is 1. The van der Waals surface area contributed by atoms with Crippen LogP contribution < -0.4 is 11.1 Å². The third-order valence-electron chi connectivity index (χ3n) is 4.21. The molecule has 0 aromatic carbocycles. The first kappa shape index (κ1) is 11.8. The van der Waals surface area contributed by atoms with Gasteiger partial charge in [-0.15, -0.1) is 0 Å². The Morgan fingerprint density at radius 3 is 2.72 bits per heavy atom. The van der Waals surface area contributed by atoms with Crippen molar-refractivity contribution >= 4 is 11.6 Å². The lowest BCUT2D eigenvalue weighted by Gasteiger charge is -2.24. The van der Waals surface area contributed by atoms with Gasteiger partial charge in [0.05, 0.1) is 0 Å². The van der Waals surface area contributed by atoms with Crippen LogP contribution in [0.4, 0.5) is 11.6 Å². The molecule has 4 heteroatoms. The minimum absolute atomic E-state index is 0.430. The molecule has 3 N–H and O–H groups in total. The van der Waals surface area contributed by atoms with Gasteiger partial charge >= 0.3 is 0 Å². The largest absolute Gasteiger partial charge is 0.384 e. The van der Waals surface area contributed by atoms with Gasteiger partial charge in [-0.2, -0.15) is 0 Å². The van der Waals surface area contributed by atoms with Gasteiger partial charge < -0.3 is 11.1 Å². The Labute approximate surface area is 108 Å². The smallest absolute Gasteiger partial charge is 0.136 e. The second-order valence-electron chi connectivity index (χ2n) is 6.18. The first-order valence-electron chi connectivity index (χ1n) is 7.03. The summed E-state index contributed by atoms with van der Waals surface area (Å²) in [6.07, 6.45) is 7.77. The summed E-state index contributed by atoms with van der Waals surface area (Å²) in [6, 6.07) is 1.85. The van der Waals surface area contributed by atoms with Crippen LogP contribution in [-0.4, -0.2) is 16.5 Å². The molecule has 1 heterocycles. The molecular formula is C14H22N4. The highest BCUT2D eigenvalue weighted by molar-refractivity contribution is 5.45. The predicted molar refractivity (Wildman–Crippen MR) is 73.5 cm³/mol. The summed E-state index contributed by atoms with van der Waals surface area (Å²) in [6.45, 7) is 3.35. The lowest BCUT2D eigenvalue weighted by atomic mass is 9.89. The SMILES string of the molecule is CC1(CNc2cc(N)nc(C3CC3)n2)CCCC1. The van der Waals surface area contributed by atoms with Crippen molar-refractivity contribution < 1.29 is 0 Å². The van der Waals surface area contributed by atoms with E-state index in [4.69, 9.17) is 5.73 Å². The molecule has 0 radical (unpaired) electrons. The van der Waals surface area contributed by atoms with Crippen molar-refractivity contribution in [3.8, 4) is 0 Å². The first-order valence-corrected chi connectivity index (χ1v) is 7.03. The van der Waals surface area contributed by atoms with E-state index in [2.05, 4.69) is 22.2 Å². The molecular weight excluding hydrogens is 224 g/mol. The van der Waals surface area contributed by atoms with Crippen molar-refractivity contribution in [3.63, 3.8) is 0 Å². The number of nitrogens with two attached hydrogens (primary N) is 1. The van der Waals surface area contributed by atoms with Crippen LogP contribution in [-0.2, 0) is 0 Å². The molecule has 2 fully saturated rings. The van der Waals surface area contributed by atoms with Crippen LogP contribution in [0.5, 0.6) is 0 Å². The van der Waals surface area contributed by atoms with E-state index in [1.165, 1.54) is 38.5 Å². The molecule has 98 valence electrons. The first-order chi connectivity index (χ1) is 8.65. The maximum atomic E-state index is 5.85. The van der Waals surface area contributed by atoms with Crippen LogP contribution in [0.3, 0.4) is 0 Å². The van der Waals surface area contributed by atoms with Gasteiger partial charge in [0.1, 0.15) is 17.5 Å². The van der Waals surface area contributed by atoms with E-state index >= 15 is 0 Å².